The number of ketones is 1. The van der Waals surface area contributed by atoms with Crippen LogP contribution >= 0.6 is 45.2 Å². The van der Waals surface area contributed by atoms with Gasteiger partial charge in [-0.3, -0.25) is 14.5 Å². The second-order valence-electron chi connectivity index (χ2n) is 10.9. The molecule has 1 aliphatic rings. The van der Waals surface area contributed by atoms with E-state index in [0.717, 1.165) is 30.3 Å². The fourth-order valence-electron chi connectivity index (χ4n) is 4.88. The zero-order valence-corrected chi connectivity index (χ0v) is 29.3. The molecule has 1 aliphatic heterocycles. The summed E-state index contributed by atoms with van der Waals surface area (Å²) in [5, 5.41) is 2.35. The van der Waals surface area contributed by atoms with Crippen LogP contribution in [0.3, 0.4) is 0 Å². The molecule has 48 heavy (non-hydrogen) atoms. The lowest BCUT2D eigenvalue weighted by atomic mass is 10.0. The number of anilines is 4. The van der Waals surface area contributed by atoms with E-state index in [4.69, 9.17) is 14.2 Å². The lowest BCUT2D eigenvalue weighted by molar-refractivity contribution is -0.144. The van der Waals surface area contributed by atoms with E-state index >= 15 is 13.2 Å². The fourth-order valence-corrected chi connectivity index (χ4v) is 5.79. The first-order valence-corrected chi connectivity index (χ1v) is 16.2. The number of hydrogen-bond acceptors (Lipinski definition) is 6. The van der Waals surface area contributed by atoms with E-state index in [2.05, 4.69) is 5.32 Å². The van der Waals surface area contributed by atoms with Crippen molar-refractivity contribution in [3.63, 3.8) is 0 Å². The van der Waals surface area contributed by atoms with E-state index in [9.17, 15) is 22.8 Å². The average molecular weight is 896 g/mol. The Morgan fingerprint density at radius 3 is 2.10 bits per heavy atom. The normalized spacial score (nSPS) is 15.4. The van der Waals surface area contributed by atoms with Crippen LogP contribution in [0.2, 0.25) is 0 Å². The molecule has 1 N–H and O–H groups in total. The zero-order valence-electron chi connectivity index (χ0n) is 25.0. The van der Waals surface area contributed by atoms with E-state index in [1.807, 2.05) is 22.6 Å². The first-order chi connectivity index (χ1) is 22.7. The van der Waals surface area contributed by atoms with E-state index in [1.165, 1.54) is 18.2 Å². The molecule has 4 aromatic rings. The SMILES string of the molecule is CC1(C)OC[C@H](COCC(=O)c2ccc(F)c(F)c2N(C(=O)c2ccc(F)c(F)c2Nc2ccc(I)cc2F)c2ccc(I)cc2F)O1. The largest absolute Gasteiger partial charge is 0.371 e. The smallest absolute Gasteiger partial charge is 0.265 e. The third-order valence-electron chi connectivity index (χ3n) is 7.07. The molecule has 0 unspecified atom stereocenters. The van der Waals surface area contributed by atoms with Crippen LogP contribution < -0.4 is 10.2 Å². The van der Waals surface area contributed by atoms with Gasteiger partial charge in [-0.1, -0.05) is 0 Å². The Labute approximate surface area is 297 Å². The maximum Gasteiger partial charge on any atom is 0.265 e. The summed E-state index contributed by atoms with van der Waals surface area (Å²) >= 11 is 3.61. The summed E-state index contributed by atoms with van der Waals surface area (Å²) in [5.74, 6) is -11.5. The molecule has 0 aliphatic carbocycles. The van der Waals surface area contributed by atoms with Gasteiger partial charge in [-0.05, 0) is 120 Å². The minimum atomic E-state index is -1.72. The number of carbonyl (C=O) groups excluding carboxylic acids is 2. The Balaban J connectivity index is 1.61. The van der Waals surface area contributed by atoms with Crippen LogP contribution in [0.15, 0.2) is 60.7 Å². The van der Waals surface area contributed by atoms with Crippen LogP contribution in [0.25, 0.3) is 0 Å². The Bertz CT molecular complexity index is 1910. The number of Topliss-reactive ketones (excluding diaryl/α,β-unsaturated/α-hetero) is 1. The van der Waals surface area contributed by atoms with Crippen LogP contribution in [0.5, 0.6) is 0 Å². The van der Waals surface area contributed by atoms with Gasteiger partial charge in [-0.15, -0.1) is 0 Å². The highest BCUT2D eigenvalue weighted by Gasteiger charge is 2.35. The van der Waals surface area contributed by atoms with Crippen molar-refractivity contribution in [3.8, 4) is 0 Å². The Hall–Kier alpha value is -3.26. The highest BCUT2D eigenvalue weighted by molar-refractivity contribution is 14.1. The molecule has 5 rings (SSSR count). The van der Waals surface area contributed by atoms with Crippen LogP contribution in [0.1, 0.15) is 34.6 Å². The molecule has 0 radical (unpaired) electrons. The molecule has 15 heteroatoms. The monoisotopic (exact) mass is 896 g/mol. The number of hydrogen-bond donors (Lipinski definition) is 1. The second-order valence-corrected chi connectivity index (χ2v) is 13.4. The second kappa shape index (κ2) is 14.7. The van der Waals surface area contributed by atoms with Crippen molar-refractivity contribution < 1.29 is 50.1 Å². The van der Waals surface area contributed by atoms with Crippen LogP contribution in [-0.4, -0.2) is 43.4 Å². The van der Waals surface area contributed by atoms with Crippen LogP contribution in [0, 0.1) is 42.0 Å². The summed E-state index contributed by atoms with van der Waals surface area (Å²) < 4.78 is 108. The van der Waals surface area contributed by atoms with E-state index in [1.54, 1.807) is 36.4 Å². The molecule has 1 fully saturated rings. The standard InChI is InChI=1S/C33H24F6I2N2O5/c1-33(2)47-14-18(48-33)13-46-15-27(44)19-5-7-22(35)29(39)31(19)43(26-10-4-17(41)12-24(26)37)32(45)20-6-8-21(34)28(38)30(20)42-25-9-3-16(40)11-23(25)36/h3-12,18,42H,13-15H2,1-2H3/t18-/m0/s1. The highest BCUT2D eigenvalue weighted by atomic mass is 127. The van der Waals surface area contributed by atoms with E-state index < -0.39 is 93.3 Å². The summed E-state index contributed by atoms with van der Waals surface area (Å²) in [4.78, 5) is 28.2. The molecule has 0 spiro atoms. The molecule has 1 atom stereocenters. The van der Waals surface area contributed by atoms with Crippen molar-refractivity contribution in [1.29, 1.82) is 0 Å². The van der Waals surface area contributed by atoms with Crippen molar-refractivity contribution in [2.75, 3.05) is 30.0 Å². The summed E-state index contributed by atoms with van der Waals surface area (Å²) in [6, 6.07) is 10.0. The van der Waals surface area contributed by atoms with Crippen molar-refractivity contribution in [3.05, 3.63) is 114 Å². The number of halogens is 8. The van der Waals surface area contributed by atoms with Gasteiger partial charge in [0.1, 0.15) is 24.3 Å². The van der Waals surface area contributed by atoms with Crippen molar-refractivity contribution in [2.24, 2.45) is 0 Å². The van der Waals surface area contributed by atoms with Gasteiger partial charge < -0.3 is 19.5 Å². The highest BCUT2D eigenvalue weighted by Crippen LogP contribution is 2.39. The summed E-state index contributed by atoms with van der Waals surface area (Å²) in [6.45, 7) is 2.74. The van der Waals surface area contributed by atoms with Crippen molar-refractivity contribution in [2.45, 2.75) is 25.7 Å². The minimum absolute atomic E-state index is 0.110. The van der Waals surface area contributed by atoms with Gasteiger partial charge in [-0.25, -0.2) is 26.3 Å². The topological polar surface area (TPSA) is 77.1 Å². The number of nitrogens with zero attached hydrogens (tertiary/aromatic N) is 1. The quantitative estimate of drug-likeness (QED) is 0.0976. The van der Waals surface area contributed by atoms with Gasteiger partial charge in [0.2, 0.25) is 0 Å². The number of rotatable bonds is 10. The first kappa shape index (κ1) is 36.0. The van der Waals surface area contributed by atoms with Gasteiger partial charge in [-0.2, -0.15) is 0 Å². The molecule has 1 heterocycles. The van der Waals surface area contributed by atoms with Gasteiger partial charge in [0.05, 0.1) is 41.5 Å². The minimum Gasteiger partial charge on any atom is -0.371 e. The Kier molecular flexibility index (Phi) is 11.0. The Morgan fingerprint density at radius 2 is 1.48 bits per heavy atom. The molecule has 252 valence electrons. The van der Waals surface area contributed by atoms with Gasteiger partial charge >= 0.3 is 0 Å². The first-order valence-electron chi connectivity index (χ1n) is 14.1. The summed E-state index contributed by atoms with van der Waals surface area (Å²) in [7, 11) is 0. The van der Waals surface area contributed by atoms with Crippen LogP contribution in [0.4, 0.5) is 49.1 Å². The molecule has 0 aromatic heterocycles. The predicted molar refractivity (Wildman–Crippen MR) is 181 cm³/mol. The summed E-state index contributed by atoms with van der Waals surface area (Å²) in [5.41, 5.74) is -4.24. The number of amides is 1. The van der Waals surface area contributed by atoms with Gasteiger partial charge in [0, 0.05) is 12.7 Å². The zero-order chi connectivity index (χ0) is 34.9. The molecule has 7 nitrogen and oxygen atoms in total. The van der Waals surface area contributed by atoms with Gasteiger partial charge in [0.15, 0.2) is 34.8 Å². The molecule has 1 amide bonds. The average Bonchev–Trinajstić information content (AvgIpc) is 3.37. The van der Waals surface area contributed by atoms with Crippen molar-refractivity contribution in [1.82, 2.24) is 0 Å². The molecular formula is C33H24F6I2N2O5. The Morgan fingerprint density at radius 1 is 0.854 bits per heavy atom. The predicted octanol–water partition coefficient (Wildman–Crippen LogP) is 8.80. The lowest BCUT2D eigenvalue weighted by Crippen LogP contribution is -2.31. The molecule has 1 saturated heterocycles. The number of ether oxygens (including phenoxy) is 3. The van der Waals surface area contributed by atoms with Gasteiger partial charge in [0.25, 0.3) is 5.91 Å². The third-order valence-corrected chi connectivity index (χ3v) is 8.41. The maximum absolute atomic E-state index is 15.9. The van der Waals surface area contributed by atoms with E-state index in [-0.39, 0.29) is 18.9 Å². The molecule has 4 aromatic carbocycles. The molecule has 0 saturated carbocycles. The molecule has 0 bridgehead atoms. The molecular weight excluding hydrogens is 872 g/mol. The van der Waals surface area contributed by atoms with E-state index in [0.29, 0.717) is 24.2 Å². The van der Waals surface area contributed by atoms with Crippen LogP contribution in [-0.2, 0) is 14.2 Å². The summed E-state index contributed by atoms with van der Waals surface area (Å²) in [6.07, 6.45) is -0.534. The fraction of sp³-hybridized carbons (Fsp3) is 0.212. The lowest BCUT2D eigenvalue weighted by Gasteiger charge is -2.27. The maximum atomic E-state index is 15.9. The number of nitrogens with one attached hydrogen (secondary N) is 1. The number of benzene rings is 4. The third kappa shape index (κ3) is 7.79. The van der Waals surface area contributed by atoms with Crippen molar-refractivity contribution >= 4 is 79.6 Å². The number of carbonyl (C=O) groups is 2.